The highest BCUT2D eigenvalue weighted by atomic mass is 32.2. The topological polar surface area (TPSA) is 66.0 Å². The van der Waals surface area contributed by atoms with Crippen LogP contribution in [0.5, 0.6) is 0 Å². The summed E-state index contributed by atoms with van der Waals surface area (Å²) in [6.07, 6.45) is 0. The van der Waals surface area contributed by atoms with Crippen LogP contribution in [-0.2, 0) is 4.79 Å². The van der Waals surface area contributed by atoms with Gasteiger partial charge in [0.15, 0.2) is 10.2 Å². The van der Waals surface area contributed by atoms with Gasteiger partial charge in [0.25, 0.3) is 0 Å². The highest BCUT2D eigenvalue weighted by Crippen LogP contribution is 2.37. The zero-order valence-electron chi connectivity index (χ0n) is 22.4. The van der Waals surface area contributed by atoms with Crippen LogP contribution in [0.25, 0.3) is 22.0 Å². The van der Waals surface area contributed by atoms with Crippen molar-refractivity contribution in [2.24, 2.45) is 0 Å². The van der Waals surface area contributed by atoms with E-state index in [4.69, 9.17) is 17.2 Å². The van der Waals surface area contributed by atoms with Crippen LogP contribution in [0, 0.1) is 0 Å². The van der Waals surface area contributed by atoms with E-state index in [1.54, 1.807) is 0 Å². The maximum atomic E-state index is 13.6. The molecule has 1 unspecified atom stereocenters. The number of carbonyl (C=O) groups is 1. The van der Waals surface area contributed by atoms with Gasteiger partial charge in [0.05, 0.1) is 5.69 Å². The predicted octanol–water partition coefficient (Wildman–Crippen LogP) is 9.24. The number of fused-ring (bicyclic) bond motifs is 1. The number of rotatable bonds is 8. The summed E-state index contributed by atoms with van der Waals surface area (Å²) in [5.74, 6) is -0.124. The third-order valence-electron chi connectivity index (χ3n) is 6.52. The Morgan fingerprint density at radius 1 is 0.714 bits per heavy atom. The number of thiocarbonyl (C=S) groups is 1. The van der Waals surface area contributed by atoms with Crippen molar-refractivity contribution >= 4 is 73.6 Å². The van der Waals surface area contributed by atoms with Crippen LogP contribution in [0.4, 0.5) is 16.5 Å². The summed E-state index contributed by atoms with van der Waals surface area (Å²) < 4.78 is 0. The van der Waals surface area contributed by atoms with Crippen LogP contribution in [0.3, 0.4) is 0 Å². The highest BCUT2D eigenvalue weighted by molar-refractivity contribution is 8.00. The van der Waals surface area contributed by atoms with Gasteiger partial charge in [-0.15, -0.1) is 23.1 Å². The van der Waals surface area contributed by atoms with E-state index in [0.717, 1.165) is 38.5 Å². The summed E-state index contributed by atoms with van der Waals surface area (Å²) in [6.45, 7) is 0. The van der Waals surface area contributed by atoms with E-state index in [-0.39, 0.29) is 5.91 Å². The molecule has 0 aliphatic heterocycles. The zero-order valence-corrected chi connectivity index (χ0v) is 24.8. The average molecular weight is 603 g/mol. The van der Waals surface area contributed by atoms with Crippen molar-refractivity contribution in [3.8, 4) is 11.3 Å². The molecule has 1 amide bonds. The minimum atomic E-state index is -0.459. The second-order valence-electron chi connectivity index (χ2n) is 9.47. The van der Waals surface area contributed by atoms with Crippen LogP contribution in [0.15, 0.2) is 138 Å². The van der Waals surface area contributed by atoms with E-state index in [0.29, 0.717) is 10.2 Å². The lowest BCUT2D eigenvalue weighted by Gasteiger charge is -2.17. The number of hydrogen-bond donors (Lipinski definition) is 3. The zero-order chi connectivity index (χ0) is 28.7. The number of amides is 1. The van der Waals surface area contributed by atoms with Crippen molar-refractivity contribution < 1.29 is 4.79 Å². The first-order valence-electron chi connectivity index (χ1n) is 13.3. The summed E-state index contributed by atoms with van der Waals surface area (Å²) >= 11 is 8.37. The lowest BCUT2D eigenvalue weighted by molar-refractivity contribution is -0.115. The lowest BCUT2D eigenvalue weighted by atomic mass is 10.1. The molecule has 5 aromatic carbocycles. The van der Waals surface area contributed by atoms with Gasteiger partial charge in [-0.3, -0.25) is 4.79 Å². The number of nitrogens with one attached hydrogen (secondary N) is 3. The average Bonchev–Trinajstić information content (AvgIpc) is 3.49. The summed E-state index contributed by atoms with van der Waals surface area (Å²) in [7, 11) is 0. The van der Waals surface area contributed by atoms with Crippen LogP contribution in [0.2, 0.25) is 0 Å². The van der Waals surface area contributed by atoms with Crippen molar-refractivity contribution in [1.29, 1.82) is 0 Å². The molecular weight excluding hydrogens is 577 g/mol. The van der Waals surface area contributed by atoms with Gasteiger partial charge in [-0.1, -0.05) is 84.9 Å². The molecule has 1 aromatic heterocycles. The molecule has 3 N–H and O–H groups in total. The van der Waals surface area contributed by atoms with Crippen molar-refractivity contribution in [2.45, 2.75) is 10.1 Å². The molecule has 42 heavy (non-hydrogen) atoms. The number of thioether (sulfide) groups is 1. The van der Waals surface area contributed by atoms with Crippen LogP contribution in [-0.4, -0.2) is 16.0 Å². The lowest BCUT2D eigenvalue weighted by Crippen LogP contribution is -2.19. The first kappa shape index (κ1) is 27.7. The summed E-state index contributed by atoms with van der Waals surface area (Å²) in [5, 5.41) is 14.4. The quantitative estimate of drug-likeness (QED) is 0.119. The number of benzene rings is 5. The van der Waals surface area contributed by atoms with Crippen molar-refractivity contribution in [2.75, 3.05) is 16.0 Å². The molecule has 0 saturated heterocycles. The smallest absolute Gasteiger partial charge is 0.244 e. The molecule has 1 atom stereocenters. The maximum Gasteiger partial charge on any atom is 0.244 e. The molecular formula is C34H26N4OS3. The monoisotopic (exact) mass is 602 g/mol. The molecule has 1 heterocycles. The molecule has 0 bridgehead atoms. The normalized spacial score (nSPS) is 11.5. The van der Waals surface area contributed by atoms with Gasteiger partial charge in [-0.05, 0) is 71.0 Å². The fourth-order valence-corrected chi connectivity index (χ4v) is 6.43. The molecule has 5 nitrogen and oxygen atoms in total. The molecule has 8 heteroatoms. The first-order chi connectivity index (χ1) is 20.6. The SMILES string of the molecule is O=C(Nc1nc(-c2ccc3ccccc3c2)cs1)C(Sc1ccc(NC(=S)Nc2ccccc2)cc1)c1ccccc1. The fourth-order valence-electron chi connectivity index (χ4n) is 4.45. The largest absolute Gasteiger partial charge is 0.332 e. The minimum Gasteiger partial charge on any atom is -0.332 e. The third kappa shape index (κ3) is 6.86. The molecule has 0 aliphatic carbocycles. The number of thiazole rings is 1. The molecule has 0 fully saturated rings. The number of carbonyl (C=O) groups excluding carboxylic acids is 1. The highest BCUT2D eigenvalue weighted by Gasteiger charge is 2.23. The van der Waals surface area contributed by atoms with Crippen LogP contribution in [0.1, 0.15) is 10.8 Å². The van der Waals surface area contributed by atoms with Gasteiger partial charge in [0.1, 0.15) is 5.25 Å². The predicted molar refractivity (Wildman–Crippen MR) is 181 cm³/mol. The van der Waals surface area contributed by atoms with E-state index >= 15 is 0 Å². The van der Waals surface area contributed by atoms with Gasteiger partial charge < -0.3 is 16.0 Å². The van der Waals surface area contributed by atoms with E-state index in [1.165, 1.54) is 28.5 Å². The third-order valence-corrected chi connectivity index (χ3v) is 8.75. The second kappa shape index (κ2) is 13.0. The van der Waals surface area contributed by atoms with Gasteiger partial charge >= 0.3 is 0 Å². The molecule has 0 spiro atoms. The standard InChI is InChI=1S/C34H26N4OS3/c39-32(38-34-37-30(22-41-34)26-16-15-23-9-7-8-12-25(23)21-26)31(24-10-3-1-4-11-24)42-29-19-17-28(18-20-29)36-33(40)35-27-13-5-2-6-14-27/h1-22,31H,(H2,35,36,40)(H,37,38,39). The molecule has 6 aromatic rings. The molecule has 0 saturated carbocycles. The van der Waals surface area contributed by atoms with Gasteiger partial charge in [0, 0.05) is 27.2 Å². The Morgan fingerprint density at radius 2 is 1.36 bits per heavy atom. The Balaban J connectivity index is 1.14. The summed E-state index contributed by atoms with van der Waals surface area (Å²) in [4.78, 5) is 19.3. The molecule has 0 aliphatic rings. The Morgan fingerprint density at radius 3 is 2.10 bits per heavy atom. The van der Waals surface area contributed by atoms with Crippen molar-refractivity contribution in [3.05, 3.63) is 138 Å². The Bertz CT molecular complexity index is 1820. The van der Waals surface area contributed by atoms with Crippen molar-refractivity contribution in [3.63, 3.8) is 0 Å². The second-order valence-corrected chi connectivity index (χ2v) is 11.9. The minimum absolute atomic E-state index is 0.124. The number of aromatic nitrogens is 1. The summed E-state index contributed by atoms with van der Waals surface area (Å²) in [6, 6.07) is 42.0. The van der Waals surface area contributed by atoms with Crippen LogP contribution >= 0.6 is 35.3 Å². The Kier molecular flexibility index (Phi) is 8.56. The molecule has 206 valence electrons. The Labute approximate surface area is 258 Å². The molecule has 0 radical (unpaired) electrons. The van der Waals surface area contributed by atoms with E-state index in [1.807, 2.05) is 102 Å². The van der Waals surface area contributed by atoms with Crippen molar-refractivity contribution in [1.82, 2.24) is 4.98 Å². The van der Waals surface area contributed by atoms with Crippen LogP contribution < -0.4 is 16.0 Å². The first-order valence-corrected chi connectivity index (χ1v) is 15.5. The van der Waals surface area contributed by atoms with E-state index < -0.39 is 5.25 Å². The van der Waals surface area contributed by atoms with Gasteiger partial charge in [0.2, 0.25) is 5.91 Å². The fraction of sp³-hybridized carbons (Fsp3) is 0.0294. The number of para-hydroxylation sites is 1. The van der Waals surface area contributed by atoms with E-state index in [9.17, 15) is 4.79 Å². The van der Waals surface area contributed by atoms with Gasteiger partial charge in [-0.25, -0.2) is 4.98 Å². The molecule has 6 rings (SSSR count). The summed E-state index contributed by atoms with van der Waals surface area (Å²) in [5.41, 5.74) is 4.56. The number of hydrogen-bond acceptors (Lipinski definition) is 5. The number of anilines is 3. The van der Waals surface area contributed by atoms with E-state index in [2.05, 4.69) is 46.3 Å². The Hall–Kier alpha value is -4.50. The number of nitrogens with zero attached hydrogens (tertiary/aromatic N) is 1. The maximum absolute atomic E-state index is 13.6. The van der Waals surface area contributed by atoms with Gasteiger partial charge in [-0.2, -0.15) is 0 Å².